The summed E-state index contributed by atoms with van der Waals surface area (Å²) in [6, 6.07) is 3.83. The third-order valence-corrected chi connectivity index (χ3v) is 4.00. The van der Waals surface area contributed by atoms with Crippen LogP contribution in [-0.2, 0) is 11.3 Å². The summed E-state index contributed by atoms with van der Waals surface area (Å²) in [7, 11) is 1.66. The van der Waals surface area contributed by atoms with Gasteiger partial charge in [0.15, 0.2) is 5.13 Å². The molecule has 2 rings (SSSR count). The van der Waals surface area contributed by atoms with Gasteiger partial charge in [0, 0.05) is 31.3 Å². The molecule has 0 amide bonds. The van der Waals surface area contributed by atoms with Gasteiger partial charge in [0.05, 0.1) is 17.9 Å². The van der Waals surface area contributed by atoms with Gasteiger partial charge in [-0.15, -0.1) is 11.3 Å². The van der Waals surface area contributed by atoms with Gasteiger partial charge in [-0.2, -0.15) is 0 Å². The Bertz CT molecular complexity index is 649. The molecule has 0 atom stereocenters. The fourth-order valence-corrected chi connectivity index (χ4v) is 2.85. The van der Waals surface area contributed by atoms with E-state index in [-0.39, 0.29) is 5.56 Å². The van der Waals surface area contributed by atoms with Gasteiger partial charge in [-0.25, -0.2) is 4.98 Å². The minimum atomic E-state index is 0.0330. The summed E-state index contributed by atoms with van der Waals surface area (Å²) in [5.41, 5.74) is 2.41. The van der Waals surface area contributed by atoms with Gasteiger partial charge in [-0.3, -0.25) is 4.79 Å². The number of thiazole rings is 1. The average molecular weight is 307 g/mol. The number of aryl methyl sites for hydroxylation is 1. The summed E-state index contributed by atoms with van der Waals surface area (Å²) >= 11 is 1.50. The lowest BCUT2D eigenvalue weighted by molar-refractivity contribution is 0.211. The Labute approximate surface area is 128 Å². The molecule has 6 heteroatoms. The highest BCUT2D eigenvalue weighted by Crippen LogP contribution is 2.22. The van der Waals surface area contributed by atoms with Gasteiger partial charge in [-0.1, -0.05) is 6.92 Å². The standard InChI is InChI=1S/C15H21N3O2S/c1-4-8-18-11(2)5-6-12(14(18)19)13-10-21-15(17-13)16-7-9-20-3/h5-6,10H,4,7-9H2,1-3H3,(H,16,17). The van der Waals surface area contributed by atoms with Crippen molar-refractivity contribution in [1.29, 1.82) is 0 Å². The number of nitrogens with zero attached hydrogens (tertiary/aromatic N) is 2. The summed E-state index contributed by atoms with van der Waals surface area (Å²) in [5, 5.41) is 5.90. The first-order chi connectivity index (χ1) is 10.2. The Morgan fingerprint density at radius 3 is 2.95 bits per heavy atom. The summed E-state index contributed by atoms with van der Waals surface area (Å²) < 4.78 is 6.80. The van der Waals surface area contributed by atoms with E-state index in [9.17, 15) is 4.79 Å². The van der Waals surface area contributed by atoms with Crippen molar-refractivity contribution in [2.24, 2.45) is 0 Å². The van der Waals surface area contributed by atoms with Crippen LogP contribution in [-0.4, -0.2) is 29.8 Å². The molecule has 0 radical (unpaired) electrons. The average Bonchev–Trinajstić information content (AvgIpc) is 2.92. The van der Waals surface area contributed by atoms with Crippen LogP contribution < -0.4 is 10.9 Å². The Morgan fingerprint density at radius 1 is 1.43 bits per heavy atom. The molecular formula is C15H21N3O2S. The topological polar surface area (TPSA) is 56.1 Å². The van der Waals surface area contributed by atoms with E-state index in [0.29, 0.717) is 18.7 Å². The predicted octanol–water partition coefficient (Wildman–Crippen LogP) is 2.75. The summed E-state index contributed by atoms with van der Waals surface area (Å²) in [4.78, 5) is 17.0. The van der Waals surface area contributed by atoms with E-state index in [1.807, 2.05) is 29.0 Å². The van der Waals surface area contributed by atoms with Crippen molar-refractivity contribution in [2.75, 3.05) is 25.6 Å². The van der Waals surface area contributed by atoms with E-state index >= 15 is 0 Å². The quantitative estimate of drug-likeness (QED) is 0.799. The van der Waals surface area contributed by atoms with Crippen molar-refractivity contribution in [2.45, 2.75) is 26.8 Å². The maximum Gasteiger partial charge on any atom is 0.260 e. The van der Waals surface area contributed by atoms with Gasteiger partial charge < -0.3 is 14.6 Å². The first-order valence-corrected chi connectivity index (χ1v) is 7.94. The van der Waals surface area contributed by atoms with Gasteiger partial charge in [-0.05, 0) is 25.5 Å². The van der Waals surface area contributed by atoms with Gasteiger partial charge >= 0.3 is 0 Å². The first-order valence-electron chi connectivity index (χ1n) is 7.06. The Kier molecular flexibility index (Phi) is 5.52. The first kappa shape index (κ1) is 15.7. The molecule has 114 valence electrons. The molecule has 0 bridgehead atoms. The maximum atomic E-state index is 12.5. The van der Waals surface area contributed by atoms with Crippen molar-refractivity contribution < 1.29 is 4.74 Å². The van der Waals surface area contributed by atoms with Crippen LogP contribution in [0.5, 0.6) is 0 Å². The van der Waals surface area contributed by atoms with E-state index in [0.717, 1.165) is 29.5 Å². The molecule has 0 saturated carbocycles. The second-order valence-corrected chi connectivity index (χ2v) is 5.66. The predicted molar refractivity (Wildman–Crippen MR) is 87.2 cm³/mol. The molecule has 0 spiro atoms. The van der Waals surface area contributed by atoms with Crippen LogP contribution in [0.1, 0.15) is 19.0 Å². The fourth-order valence-electron chi connectivity index (χ4n) is 2.11. The number of pyridine rings is 1. The molecule has 1 N–H and O–H groups in total. The maximum absolute atomic E-state index is 12.5. The van der Waals surface area contributed by atoms with Crippen molar-refractivity contribution in [1.82, 2.24) is 9.55 Å². The highest BCUT2D eigenvalue weighted by Gasteiger charge is 2.11. The monoisotopic (exact) mass is 307 g/mol. The smallest absolute Gasteiger partial charge is 0.260 e. The van der Waals surface area contributed by atoms with Crippen LogP contribution in [0.4, 0.5) is 5.13 Å². The lowest BCUT2D eigenvalue weighted by Crippen LogP contribution is -2.23. The number of rotatable bonds is 7. The van der Waals surface area contributed by atoms with E-state index in [4.69, 9.17) is 4.74 Å². The summed E-state index contributed by atoms with van der Waals surface area (Å²) in [6.45, 7) is 6.10. The highest BCUT2D eigenvalue weighted by atomic mass is 32.1. The minimum absolute atomic E-state index is 0.0330. The van der Waals surface area contributed by atoms with Crippen molar-refractivity contribution in [3.8, 4) is 11.3 Å². The minimum Gasteiger partial charge on any atom is -0.383 e. The zero-order chi connectivity index (χ0) is 15.2. The van der Waals surface area contributed by atoms with Crippen LogP contribution in [0.3, 0.4) is 0 Å². The Balaban J connectivity index is 2.26. The van der Waals surface area contributed by atoms with E-state index in [1.165, 1.54) is 11.3 Å². The Hall–Kier alpha value is -1.66. The normalized spacial score (nSPS) is 10.8. The SMILES string of the molecule is CCCn1c(C)ccc(-c2csc(NCCOC)n2)c1=O. The number of nitrogens with one attached hydrogen (secondary N) is 1. The second kappa shape index (κ2) is 7.38. The zero-order valence-corrected chi connectivity index (χ0v) is 13.5. The van der Waals surface area contributed by atoms with Crippen molar-refractivity contribution in [3.63, 3.8) is 0 Å². The molecule has 0 unspecified atom stereocenters. The molecule has 2 heterocycles. The van der Waals surface area contributed by atoms with Crippen LogP contribution in [0, 0.1) is 6.92 Å². The molecule has 5 nitrogen and oxygen atoms in total. The molecule has 0 aliphatic heterocycles. The molecule has 21 heavy (non-hydrogen) atoms. The van der Waals surface area contributed by atoms with Crippen molar-refractivity contribution in [3.05, 3.63) is 33.6 Å². The van der Waals surface area contributed by atoms with Gasteiger partial charge in [0.2, 0.25) is 0 Å². The summed E-state index contributed by atoms with van der Waals surface area (Å²) in [5.74, 6) is 0. The van der Waals surface area contributed by atoms with Crippen LogP contribution >= 0.6 is 11.3 Å². The zero-order valence-electron chi connectivity index (χ0n) is 12.7. The molecule has 2 aromatic rings. The third-order valence-electron chi connectivity index (χ3n) is 3.20. The van der Waals surface area contributed by atoms with Gasteiger partial charge in [0.1, 0.15) is 0 Å². The van der Waals surface area contributed by atoms with Crippen LogP contribution in [0.25, 0.3) is 11.3 Å². The number of anilines is 1. The number of hydrogen-bond acceptors (Lipinski definition) is 5. The fraction of sp³-hybridized carbons (Fsp3) is 0.467. The number of ether oxygens (including phenoxy) is 1. The molecule has 0 fully saturated rings. The van der Waals surface area contributed by atoms with Crippen LogP contribution in [0.15, 0.2) is 22.3 Å². The molecule has 0 saturated heterocycles. The molecular weight excluding hydrogens is 286 g/mol. The van der Waals surface area contributed by atoms with E-state index in [2.05, 4.69) is 17.2 Å². The largest absolute Gasteiger partial charge is 0.383 e. The molecule has 2 aromatic heterocycles. The molecule has 0 aliphatic rings. The number of methoxy groups -OCH3 is 1. The highest BCUT2D eigenvalue weighted by molar-refractivity contribution is 7.14. The Morgan fingerprint density at radius 2 is 2.24 bits per heavy atom. The molecule has 0 aliphatic carbocycles. The lowest BCUT2D eigenvalue weighted by Gasteiger charge is -2.09. The number of hydrogen-bond donors (Lipinski definition) is 1. The number of aromatic nitrogens is 2. The van der Waals surface area contributed by atoms with Crippen LogP contribution in [0.2, 0.25) is 0 Å². The third kappa shape index (κ3) is 3.71. The van der Waals surface area contributed by atoms with E-state index < -0.39 is 0 Å². The lowest BCUT2D eigenvalue weighted by atomic mass is 10.2. The second-order valence-electron chi connectivity index (χ2n) is 4.80. The molecule has 0 aromatic carbocycles. The van der Waals surface area contributed by atoms with E-state index in [1.54, 1.807) is 7.11 Å². The summed E-state index contributed by atoms with van der Waals surface area (Å²) in [6.07, 6.45) is 0.936. The van der Waals surface area contributed by atoms with Crippen molar-refractivity contribution >= 4 is 16.5 Å². The van der Waals surface area contributed by atoms with Gasteiger partial charge in [0.25, 0.3) is 5.56 Å².